The van der Waals surface area contributed by atoms with Gasteiger partial charge in [-0.1, -0.05) is 0 Å². The number of hydrogen-bond acceptors (Lipinski definition) is 6. The van der Waals surface area contributed by atoms with Crippen LogP contribution in [0.3, 0.4) is 0 Å². The Hall–Kier alpha value is -3.00. The normalized spacial score (nSPS) is 15.9. The van der Waals surface area contributed by atoms with E-state index < -0.39 is 48.8 Å². The van der Waals surface area contributed by atoms with Gasteiger partial charge in [-0.3, -0.25) is 19.3 Å². The summed E-state index contributed by atoms with van der Waals surface area (Å²) in [5, 5.41) is 2.14. The van der Waals surface area contributed by atoms with Gasteiger partial charge in [0.25, 0.3) is 11.8 Å². The fourth-order valence-electron chi connectivity index (χ4n) is 2.91. The number of nitrogens with one attached hydrogen (secondary N) is 1. The van der Waals surface area contributed by atoms with Gasteiger partial charge in [-0.2, -0.15) is 22.0 Å². The predicted octanol–water partition coefficient (Wildman–Crippen LogP) is 0.938. The van der Waals surface area contributed by atoms with Gasteiger partial charge in [-0.25, -0.2) is 0 Å². The molecule has 0 saturated carbocycles. The number of carbonyl (C=O) groups is 3. The third kappa shape index (κ3) is 6.75. The maximum atomic E-state index is 12.8. The van der Waals surface area contributed by atoms with Crippen LogP contribution in [0.4, 0.5) is 33.3 Å². The number of benzene rings is 1. The molecule has 1 aromatic rings. The highest BCUT2D eigenvalue weighted by atomic mass is 19.4. The maximum Gasteiger partial charge on any atom is 0.401 e. The Kier molecular flexibility index (Phi) is 7.73. The van der Waals surface area contributed by atoms with Gasteiger partial charge in [-0.05, 0) is 19.2 Å². The van der Waals surface area contributed by atoms with Crippen LogP contribution in [-0.4, -0.2) is 74.8 Å². The standard InChI is InChI=1S/C17H19F5N4O5/c1-25(8-17(20,21)22)13(14(23)28)15(29)24-9-2-3-10(11(6-9)31-16(18)19)26-4-5-30-7-12(26)27/h2-3,6,13,16H,4-5,7-8H2,1H3,(H2,23,28)(H,24,29)/t13-/m0/s1. The molecule has 0 bridgehead atoms. The monoisotopic (exact) mass is 454 g/mol. The van der Waals surface area contributed by atoms with Crippen molar-refractivity contribution in [2.75, 3.05) is 43.6 Å². The average Bonchev–Trinajstić information content (AvgIpc) is 2.60. The lowest BCUT2D eigenvalue weighted by atomic mass is 10.2. The lowest BCUT2D eigenvalue weighted by molar-refractivity contribution is -0.154. The van der Waals surface area contributed by atoms with E-state index in [9.17, 15) is 36.3 Å². The molecule has 31 heavy (non-hydrogen) atoms. The number of ether oxygens (including phenoxy) is 2. The fraction of sp³-hybridized carbons (Fsp3) is 0.471. The number of hydrogen-bond donors (Lipinski definition) is 2. The molecular formula is C17H19F5N4O5. The molecule has 0 unspecified atom stereocenters. The zero-order chi connectivity index (χ0) is 23.3. The number of nitrogens with two attached hydrogens (primary N) is 1. The Balaban J connectivity index is 2.27. The summed E-state index contributed by atoms with van der Waals surface area (Å²) >= 11 is 0. The van der Waals surface area contributed by atoms with E-state index in [1.165, 1.54) is 12.1 Å². The number of rotatable bonds is 8. The van der Waals surface area contributed by atoms with E-state index in [0.717, 1.165) is 18.0 Å². The number of alkyl halides is 5. The fourth-order valence-corrected chi connectivity index (χ4v) is 2.91. The first-order chi connectivity index (χ1) is 14.4. The summed E-state index contributed by atoms with van der Waals surface area (Å²) in [6.45, 7) is -4.90. The molecule has 3 N–H and O–H groups in total. The van der Waals surface area contributed by atoms with E-state index in [2.05, 4.69) is 10.1 Å². The summed E-state index contributed by atoms with van der Waals surface area (Å²) in [7, 11) is 0.876. The van der Waals surface area contributed by atoms with Crippen LogP contribution in [0.15, 0.2) is 18.2 Å². The number of primary amides is 1. The third-order valence-electron chi connectivity index (χ3n) is 4.11. The van der Waals surface area contributed by atoms with Crippen LogP contribution in [0.25, 0.3) is 0 Å². The van der Waals surface area contributed by atoms with E-state index in [-0.39, 0.29) is 31.1 Å². The highest BCUT2D eigenvalue weighted by Gasteiger charge is 2.37. The predicted molar refractivity (Wildman–Crippen MR) is 96.5 cm³/mol. The van der Waals surface area contributed by atoms with Gasteiger partial charge in [-0.15, -0.1) is 0 Å². The minimum absolute atomic E-state index is 0.0211. The molecular weight excluding hydrogens is 435 g/mol. The van der Waals surface area contributed by atoms with Crippen molar-refractivity contribution in [3.05, 3.63) is 18.2 Å². The molecule has 1 aromatic carbocycles. The first-order valence-corrected chi connectivity index (χ1v) is 8.73. The zero-order valence-corrected chi connectivity index (χ0v) is 16.1. The van der Waals surface area contributed by atoms with Crippen LogP contribution < -0.4 is 20.7 Å². The van der Waals surface area contributed by atoms with Gasteiger partial charge < -0.3 is 25.4 Å². The summed E-state index contributed by atoms with van der Waals surface area (Å²) in [4.78, 5) is 37.4. The van der Waals surface area contributed by atoms with E-state index in [4.69, 9.17) is 10.5 Å². The highest BCUT2D eigenvalue weighted by molar-refractivity contribution is 6.09. The molecule has 2 rings (SSSR count). The van der Waals surface area contributed by atoms with Crippen molar-refractivity contribution in [2.45, 2.75) is 18.8 Å². The Bertz CT molecular complexity index is 836. The van der Waals surface area contributed by atoms with Gasteiger partial charge in [0, 0.05) is 18.3 Å². The van der Waals surface area contributed by atoms with Crippen molar-refractivity contribution in [3.63, 3.8) is 0 Å². The van der Waals surface area contributed by atoms with Gasteiger partial charge in [0.1, 0.15) is 6.61 Å². The second-order valence-corrected chi connectivity index (χ2v) is 6.48. The molecule has 1 fully saturated rings. The number of morpholine rings is 1. The Labute approximate surface area is 172 Å². The number of anilines is 2. The van der Waals surface area contributed by atoms with E-state index in [1.807, 2.05) is 0 Å². The smallest absolute Gasteiger partial charge is 0.401 e. The SMILES string of the molecule is CN(CC(F)(F)F)[C@@H](C(N)=O)C(=O)Nc1ccc(N2CCOCC2=O)c(OC(F)F)c1. The highest BCUT2D eigenvalue weighted by Crippen LogP contribution is 2.33. The van der Waals surface area contributed by atoms with Crippen LogP contribution >= 0.6 is 0 Å². The van der Waals surface area contributed by atoms with Crippen molar-refractivity contribution in [1.29, 1.82) is 0 Å². The molecule has 172 valence electrons. The minimum Gasteiger partial charge on any atom is -0.433 e. The number of halogens is 5. The van der Waals surface area contributed by atoms with Gasteiger partial charge in [0.2, 0.25) is 5.91 Å². The number of nitrogens with zero attached hydrogens (tertiary/aromatic N) is 2. The molecule has 14 heteroatoms. The first kappa shape index (κ1) is 24.3. The van der Waals surface area contributed by atoms with Crippen molar-refractivity contribution < 1.29 is 45.8 Å². The van der Waals surface area contributed by atoms with Crippen LogP contribution in [0.5, 0.6) is 5.75 Å². The average molecular weight is 454 g/mol. The zero-order valence-electron chi connectivity index (χ0n) is 16.1. The third-order valence-corrected chi connectivity index (χ3v) is 4.11. The summed E-state index contributed by atoms with van der Waals surface area (Å²) in [5.41, 5.74) is 4.86. The molecule has 0 spiro atoms. The molecule has 9 nitrogen and oxygen atoms in total. The first-order valence-electron chi connectivity index (χ1n) is 8.73. The molecule has 1 saturated heterocycles. The van der Waals surface area contributed by atoms with E-state index in [1.54, 1.807) is 0 Å². The summed E-state index contributed by atoms with van der Waals surface area (Å²) in [6.07, 6.45) is -4.70. The molecule has 1 aliphatic heterocycles. The maximum absolute atomic E-state index is 12.8. The van der Waals surface area contributed by atoms with Crippen molar-refractivity contribution in [3.8, 4) is 5.75 Å². The number of likely N-dealkylation sites (N-methyl/N-ethyl adjacent to an activating group) is 1. The lowest BCUT2D eigenvalue weighted by Gasteiger charge is -2.29. The van der Waals surface area contributed by atoms with Crippen LogP contribution in [0.2, 0.25) is 0 Å². The molecule has 1 heterocycles. The van der Waals surface area contributed by atoms with E-state index in [0.29, 0.717) is 4.90 Å². The second-order valence-electron chi connectivity index (χ2n) is 6.48. The minimum atomic E-state index is -4.70. The molecule has 1 aliphatic rings. The van der Waals surface area contributed by atoms with Crippen LogP contribution in [-0.2, 0) is 19.1 Å². The number of carbonyl (C=O) groups excluding carboxylic acids is 3. The van der Waals surface area contributed by atoms with Crippen LogP contribution in [0, 0.1) is 0 Å². The van der Waals surface area contributed by atoms with Crippen molar-refractivity contribution in [1.82, 2.24) is 4.90 Å². The molecule has 3 amide bonds. The van der Waals surface area contributed by atoms with Crippen molar-refractivity contribution in [2.24, 2.45) is 5.73 Å². The Morgan fingerprint density at radius 1 is 1.35 bits per heavy atom. The summed E-state index contributed by atoms with van der Waals surface area (Å²) in [5.74, 6) is -3.53. The van der Waals surface area contributed by atoms with Crippen molar-refractivity contribution >= 4 is 29.1 Å². The number of amides is 3. The largest absolute Gasteiger partial charge is 0.433 e. The summed E-state index contributed by atoms with van der Waals surface area (Å²) in [6, 6.07) is 1.37. The quantitative estimate of drug-likeness (QED) is 0.447. The summed E-state index contributed by atoms with van der Waals surface area (Å²) < 4.78 is 72.9. The van der Waals surface area contributed by atoms with Gasteiger partial charge in [0.05, 0.1) is 18.8 Å². The molecule has 1 atom stereocenters. The second kappa shape index (κ2) is 9.87. The van der Waals surface area contributed by atoms with Crippen LogP contribution in [0.1, 0.15) is 0 Å². The molecule has 0 aliphatic carbocycles. The topological polar surface area (TPSA) is 114 Å². The Morgan fingerprint density at radius 3 is 2.58 bits per heavy atom. The van der Waals surface area contributed by atoms with Gasteiger partial charge >= 0.3 is 12.8 Å². The lowest BCUT2D eigenvalue weighted by Crippen LogP contribution is -2.52. The molecule has 0 radical (unpaired) electrons. The molecule has 0 aromatic heterocycles. The van der Waals surface area contributed by atoms with Gasteiger partial charge in [0.15, 0.2) is 11.8 Å². The van der Waals surface area contributed by atoms with E-state index >= 15 is 0 Å². The Morgan fingerprint density at radius 2 is 2.03 bits per heavy atom.